The predicted molar refractivity (Wildman–Crippen MR) is 76.7 cm³/mol. The van der Waals surface area contributed by atoms with Crippen LogP contribution in [0.25, 0.3) is 16.7 Å². The number of hydrogen-bond donors (Lipinski definition) is 0. The Morgan fingerprint density at radius 3 is 3.05 bits per heavy atom. The van der Waals surface area contributed by atoms with E-state index in [0.29, 0.717) is 15.8 Å². The van der Waals surface area contributed by atoms with Crippen LogP contribution >= 0.6 is 12.2 Å². The minimum Gasteiger partial charge on any atom is -0.467 e. The molecule has 0 bridgehead atoms. The lowest BCUT2D eigenvalue weighted by Gasteiger charge is -2.07. The van der Waals surface area contributed by atoms with Crippen LogP contribution in [0, 0.1) is 4.51 Å². The van der Waals surface area contributed by atoms with Gasteiger partial charge < -0.3 is 13.9 Å². The minimum absolute atomic E-state index is 0.192. The second kappa shape index (κ2) is 5.44. The van der Waals surface area contributed by atoms with E-state index >= 15 is 0 Å². The van der Waals surface area contributed by atoms with Crippen LogP contribution in [-0.2, 0) is 4.74 Å². The fourth-order valence-corrected chi connectivity index (χ4v) is 2.19. The average molecular weight is 288 g/mol. The molecule has 0 unspecified atom stereocenters. The first kappa shape index (κ1) is 12.8. The van der Waals surface area contributed by atoms with Crippen LogP contribution in [0.5, 0.6) is 5.75 Å². The molecule has 2 heterocycles. The summed E-state index contributed by atoms with van der Waals surface area (Å²) in [5.74, 6) is 0.671. The summed E-state index contributed by atoms with van der Waals surface area (Å²) < 4.78 is 18.2. The van der Waals surface area contributed by atoms with Crippen molar-refractivity contribution in [1.82, 2.24) is 9.78 Å². The summed E-state index contributed by atoms with van der Waals surface area (Å²) in [5.41, 5.74) is 1.41. The van der Waals surface area contributed by atoms with Gasteiger partial charge in [-0.15, -0.1) is 0 Å². The van der Waals surface area contributed by atoms with Crippen LogP contribution in [-0.4, -0.2) is 23.7 Å². The third-order valence-corrected chi connectivity index (χ3v) is 3.25. The maximum atomic E-state index is 5.62. The van der Waals surface area contributed by atoms with Crippen molar-refractivity contribution >= 4 is 23.2 Å². The molecule has 20 heavy (non-hydrogen) atoms. The lowest BCUT2D eigenvalue weighted by molar-refractivity contribution is 0.0512. The van der Waals surface area contributed by atoms with Crippen LogP contribution in [0.15, 0.2) is 47.3 Å². The van der Waals surface area contributed by atoms with Crippen LogP contribution in [0.2, 0.25) is 0 Å². The maximum Gasteiger partial charge on any atom is 0.188 e. The normalized spacial score (nSPS) is 10.8. The second-order valence-electron chi connectivity index (χ2n) is 4.11. The SMILES string of the molecule is COCOc1ccc2c(=S)c(-n3cccn3)coc2c1. The monoisotopic (exact) mass is 288 g/mol. The summed E-state index contributed by atoms with van der Waals surface area (Å²) in [6.45, 7) is 0.192. The van der Waals surface area contributed by atoms with Crippen molar-refractivity contribution in [3.63, 3.8) is 0 Å². The Kier molecular flexibility index (Phi) is 3.49. The first-order valence-corrected chi connectivity index (χ1v) is 6.38. The average Bonchev–Trinajstić information content (AvgIpc) is 2.99. The molecule has 3 rings (SSSR count). The number of hydrogen-bond acceptors (Lipinski definition) is 5. The summed E-state index contributed by atoms with van der Waals surface area (Å²) in [5, 5.41) is 5.01. The molecule has 1 aromatic carbocycles. The highest BCUT2D eigenvalue weighted by atomic mass is 32.1. The summed E-state index contributed by atoms with van der Waals surface area (Å²) in [7, 11) is 1.57. The molecule has 0 saturated heterocycles. The van der Waals surface area contributed by atoms with E-state index in [9.17, 15) is 0 Å². The van der Waals surface area contributed by atoms with Gasteiger partial charge in [0.25, 0.3) is 0 Å². The zero-order valence-corrected chi connectivity index (χ0v) is 11.6. The van der Waals surface area contributed by atoms with Crippen LogP contribution in [0.3, 0.4) is 0 Å². The van der Waals surface area contributed by atoms with Gasteiger partial charge in [-0.25, -0.2) is 4.68 Å². The Morgan fingerprint density at radius 1 is 1.40 bits per heavy atom. The van der Waals surface area contributed by atoms with E-state index in [1.54, 1.807) is 30.3 Å². The van der Waals surface area contributed by atoms with Gasteiger partial charge in [0.1, 0.15) is 23.3 Å². The van der Waals surface area contributed by atoms with Gasteiger partial charge in [-0.05, 0) is 18.2 Å². The molecule has 6 heteroatoms. The van der Waals surface area contributed by atoms with Gasteiger partial charge in [-0.3, -0.25) is 0 Å². The number of methoxy groups -OCH3 is 1. The molecule has 0 atom stereocenters. The van der Waals surface area contributed by atoms with E-state index in [1.165, 1.54) is 0 Å². The quantitative estimate of drug-likeness (QED) is 0.544. The van der Waals surface area contributed by atoms with E-state index in [2.05, 4.69) is 5.10 Å². The number of ether oxygens (including phenoxy) is 2. The molecule has 0 aliphatic carbocycles. The van der Waals surface area contributed by atoms with Crippen molar-refractivity contribution in [1.29, 1.82) is 0 Å². The molecule has 0 N–H and O–H groups in total. The molecule has 0 radical (unpaired) electrons. The van der Waals surface area contributed by atoms with Gasteiger partial charge in [-0.1, -0.05) is 12.2 Å². The summed E-state index contributed by atoms with van der Waals surface area (Å²) >= 11 is 5.49. The third kappa shape index (κ3) is 2.31. The molecule has 2 aromatic heterocycles. The molecular formula is C14H12N2O3S. The smallest absolute Gasteiger partial charge is 0.188 e. The number of aromatic nitrogens is 2. The molecular weight excluding hydrogens is 276 g/mol. The molecule has 0 spiro atoms. The third-order valence-electron chi connectivity index (χ3n) is 2.82. The molecule has 5 nitrogen and oxygen atoms in total. The summed E-state index contributed by atoms with van der Waals surface area (Å²) in [6.07, 6.45) is 5.11. The van der Waals surface area contributed by atoms with E-state index in [-0.39, 0.29) is 6.79 Å². The van der Waals surface area contributed by atoms with Crippen LogP contribution in [0.4, 0.5) is 0 Å². The van der Waals surface area contributed by atoms with E-state index in [1.807, 2.05) is 24.4 Å². The number of nitrogens with zero attached hydrogens (tertiary/aromatic N) is 2. The Morgan fingerprint density at radius 2 is 2.30 bits per heavy atom. The van der Waals surface area contributed by atoms with Gasteiger partial charge in [0.2, 0.25) is 0 Å². The van der Waals surface area contributed by atoms with Crippen LogP contribution < -0.4 is 4.74 Å². The highest BCUT2D eigenvalue weighted by Crippen LogP contribution is 2.25. The van der Waals surface area contributed by atoms with Crippen molar-refractivity contribution in [3.8, 4) is 11.4 Å². The predicted octanol–water partition coefficient (Wildman–Crippen LogP) is 3.33. The topological polar surface area (TPSA) is 49.4 Å². The van der Waals surface area contributed by atoms with Crippen LogP contribution in [0.1, 0.15) is 0 Å². The van der Waals surface area contributed by atoms with Crippen molar-refractivity contribution in [2.24, 2.45) is 0 Å². The van der Waals surface area contributed by atoms with Crippen molar-refractivity contribution in [2.75, 3.05) is 13.9 Å². The van der Waals surface area contributed by atoms with E-state index in [0.717, 1.165) is 11.1 Å². The first-order valence-electron chi connectivity index (χ1n) is 5.97. The molecule has 0 aliphatic rings. The standard InChI is InChI=1S/C14H12N2O3S/c1-17-9-19-10-3-4-11-13(7-10)18-8-12(14(11)20)16-6-2-5-15-16/h2-8H,9H2,1H3. The van der Waals surface area contributed by atoms with E-state index < -0.39 is 0 Å². The fourth-order valence-electron chi connectivity index (χ4n) is 1.88. The van der Waals surface area contributed by atoms with Crippen molar-refractivity contribution in [3.05, 3.63) is 47.4 Å². The largest absolute Gasteiger partial charge is 0.467 e. The second-order valence-corrected chi connectivity index (χ2v) is 4.52. The van der Waals surface area contributed by atoms with Crippen molar-refractivity contribution in [2.45, 2.75) is 0 Å². The number of benzene rings is 1. The molecule has 3 aromatic rings. The Bertz CT molecular complexity index is 781. The Balaban J connectivity index is 2.08. The lowest BCUT2D eigenvalue weighted by Crippen LogP contribution is -1.99. The molecule has 102 valence electrons. The first-order chi connectivity index (χ1) is 9.79. The lowest BCUT2D eigenvalue weighted by atomic mass is 10.2. The molecule has 0 fully saturated rings. The zero-order chi connectivity index (χ0) is 13.9. The van der Waals surface area contributed by atoms with Crippen molar-refractivity contribution < 1.29 is 13.9 Å². The fraction of sp³-hybridized carbons (Fsp3) is 0.143. The molecule has 0 amide bonds. The summed E-state index contributed by atoms with van der Waals surface area (Å²) in [4.78, 5) is 0. The highest BCUT2D eigenvalue weighted by molar-refractivity contribution is 7.71. The summed E-state index contributed by atoms with van der Waals surface area (Å²) in [6, 6.07) is 7.33. The highest BCUT2D eigenvalue weighted by Gasteiger charge is 2.07. The molecule has 0 saturated carbocycles. The Labute approximate surface area is 120 Å². The van der Waals surface area contributed by atoms with Gasteiger partial charge in [0.05, 0.1) is 4.51 Å². The minimum atomic E-state index is 0.192. The van der Waals surface area contributed by atoms with E-state index in [4.69, 9.17) is 26.1 Å². The van der Waals surface area contributed by atoms with Gasteiger partial charge in [0, 0.05) is 31.0 Å². The number of fused-ring (bicyclic) bond motifs is 1. The van der Waals surface area contributed by atoms with Gasteiger partial charge >= 0.3 is 0 Å². The number of rotatable bonds is 4. The Hall–Kier alpha value is -2.18. The molecule has 0 aliphatic heterocycles. The van der Waals surface area contributed by atoms with Gasteiger partial charge in [0.15, 0.2) is 6.79 Å². The maximum absolute atomic E-state index is 5.62. The van der Waals surface area contributed by atoms with Gasteiger partial charge in [-0.2, -0.15) is 5.10 Å². The zero-order valence-electron chi connectivity index (χ0n) is 10.8.